The van der Waals surface area contributed by atoms with Crippen LogP contribution < -0.4 is 0 Å². The van der Waals surface area contributed by atoms with Crippen LogP contribution in [0.4, 0.5) is 0 Å². The average molecular weight is 321 g/mol. The Balaban J connectivity index is 1.78. The topological polar surface area (TPSA) is 3.24 Å². The Bertz CT molecular complexity index is 690. The van der Waals surface area contributed by atoms with Crippen LogP contribution in [-0.2, 0) is 0 Å². The molecule has 0 unspecified atom stereocenters. The molecule has 1 saturated heterocycles. The highest BCUT2D eigenvalue weighted by atomic mass is 32.2. The van der Waals surface area contributed by atoms with E-state index in [9.17, 15) is 0 Å². The van der Waals surface area contributed by atoms with Crippen molar-refractivity contribution in [3.05, 3.63) is 65.2 Å². The quantitative estimate of drug-likeness (QED) is 0.616. The molecule has 2 aliphatic rings. The van der Waals surface area contributed by atoms with Gasteiger partial charge in [0.25, 0.3) is 0 Å². The van der Waals surface area contributed by atoms with Gasteiger partial charge in [-0.2, -0.15) is 0 Å². The fraction of sp³-hybridized carbons (Fsp3) is 0.333. The summed E-state index contributed by atoms with van der Waals surface area (Å²) >= 11 is 1.91. The van der Waals surface area contributed by atoms with E-state index in [1.54, 1.807) is 5.57 Å². The van der Waals surface area contributed by atoms with Crippen LogP contribution in [0.15, 0.2) is 63.9 Å². The van der Waals surface area contributed by atoms with Crippen LogP contribution in [0.2, 0.25) is 0 Å². The van der Waals surface area contributed by atoms with Gasteiger partial charge in [0.05, 0.1) is 0 Å². The van der Waals surface area contributed by atoms with Gasteiger partial charge in [0, 0.05) is 22.9 Å². The Morgan fingerprint density at radius 1 is 0.870 bits per heavy atom. The van der Waals surface area contributed by atoms with Gasteiger partial charge in [-0.25, -0.2) is 0 Å². The molecule has 0 aliphatic carbocycles. The van der Waals surface area contributed by atoms with Gasteiger partial charge < -0.3 is 4.90 Å². The van der Waals surface area contributed by atoms with E-state index in [4.69, 9.17) is 0 Å². The lowest BCUT2D eigenvalue weighted by molar-refractivity contribution is 0.257. The minimum Gasteiger partial charge on any atom is -0.303 e. The second-order valence-corrected chi connectivity index (χ2v) is 7.50. The van der Waals surface area contributed by atoms with Crippen LogP contribution in [0.1, 0.15) is 37.3 Å². The molecule has 2 aromatic rings. The zero-order chi connectivity index (χ0) is 15.6. The van der Waals surface area contributed by atoms with Gasteiger partial charge in [-0.05, 0) is 54.6 Å². The van der Waals surface area contributed by atoms with E-state index in [1.165, 1.54) is 65.4 Å². The maximum absolute atomic E-state index is 2.61. The molecule has 0 amide bonds. The van der Waals surface area contributed by atoms with Gasteiger partial charge in [0.2, 0.25) is 0 Å². The first-order valence-corrected chi connectivity index (χ1v) is 9.49. The Hall–Kier alpha value is -1.51. The summed E-state index contributed by atoms with van der Waals surface area (Å²) in [5, 5.41) is 0. The Morgan fingerprint density at radius 2 is 1.43 bits per heavy atom. The van der Waals surface area contributed by atoms with Crippen molar-refractivity contribution in [1.29, 1.82) is 0 Å². The summed E-state index contributed by atoms with van der Waals surface area (Å²) in [6.45, 7) is 5.94. The zero-order valence-corrected chi connectivity index (χ0v) is 14.5. The van der Waals surface area contributed by atoms with E-state index in [1.807, 2.05) is 11.8 Å². The average Bonchev–Trinajstić information content (AvgIpc) is 2.61. The van der Waals surface area contributed by atoms with Crippen molar-refractivity contribution in [2.75, 3.05) is 19.6 Å². The van der Waals surface area contributed by atoms with E-state index < -0.39 is 0 Å². The van der Waals surface area contributed by atoms with Crippen molar-refractivity contribution >= 4 is 17.3 Å². The molecule has 0 aromatic heterocycles. The fourth-order valence-electron chi connectivity index (χ4n) is 3.78. The van der Waals surface area contributed by atoms with E-state index in [2.05, 4.69) is 60.4 Å². The van der Waals surface area contributed by atoms with Crippen molar-refractivity contribution in [3.63, 3.8) is 0 Å². The molecular formula is C21H23NS. The van der Waals surface area contributed by atoms with E-state index in [0.717, 1.165) is 0 Å². The number of nitrogens with zero attached hydrogens (tertiary/aromatic N) is 1. The second-order valence-electron chi connectivity index (χ2n) is 6.41. The minimum absolute atomic E-state index is 1.21. The summed E-state index contributed by atoms with van der Waals surface area (Å²) in [6.07, 6.45) is 3.68. The van der Waals surface area contributed by atoms with Crippen LogP contribution in [0, 0.1) is 0 Å². The summed E-state index contributed by atoms with van der Waals surface area (Å²) in [6, 6.07) is 17.8. The molecule has 0 N–H and O–H groups in total. The summed E-state index contributed by atoms with van der Waals surface area (Å²) < 4.78 is 0. The van der Waals surface area contributed by atoms with Crippen LogP contribution in [-0.4, -0.2) is 24.5 Å². The number of hydrogen-bond donors (Lipinski definition) is 0. The molecule has 0 bridgehead atoms. The van der Waals surface area contributed by atoms with Crippen molar-refractivity contribution < 1.29 is 0 Å². The standard InChI is InChI=1S/C21H23NS/c1-2-13-22-14-11-16(12-15-22)21-17-7-3-5-9-19(17)23-20-10-6-4-8-18(20)21/h3-10H,2,11-15H2,1H3. The van der Waals surface area contributed by atoms with Gasteiger partial charge >= 0.3 is 0 Å². The molecule has 1 nitrogen and oxygen atoms in total. The number of likely N-dealkylation sites (tertiary alicyclic amines) is 1. The van der Waals surface area contributed by atoms with Crippen molar-refractivity contribution in [1.82, 2.24) is 4.90 Å². The Kier molecular flexibility index (Phi) is 4.28. The number of piperidine rings is 1. The fourth-order valence-corrected chi connectivity index (χ4v) is 4.87. The third-order valence-electron chi connectivity index (χ3n) is 4.89. The predicted octanol–water partition coefficient (Wildman–Crippen LogP) is 5.46. The lowest BCUT2D eigenvalue weighted by Crippen LogP contribution is -2.31. The maximum Gasteiger partial charge on any atom is 0.0201 e. The molecular weight excluding hydrogens is 298 g/mol. The molecule has 0 atom stereocenters. The molecule has 0 spiro atoms. The highest BCUT2D eigenvalue weighted by molar-refractivity contribution is 7.99. The van der Waals surface area contributed by atoms with Gasteiger partial charge in [0.15, 0.2) is 0 Å². The highest BCUT2D eigenvalue weighted by Gasteiger charge is 2.25. The first kappa shape index (κ1) is 15.0. The van der Waals surface area contributed by atoms with Gasteiger partial charge in [-0.1, -0.05) is 60.7 Å². The van der Waals surface area contributed by atoms with Crippen LogP contribution in [0.3, 0.4) is 0 Å². The predicted molar refractivity (Wildman–Crippen MR) is 99.0 cm³/mol. The smallest absolute Gasteiger partial charge is 0.0201 e. The number of rotatable bonds is 2. The summed E-state index contributed by atoms with van der Waals surface area (Å²) in [4.78, 5) is 5.42. The van der Waals surface area contributed by atoms with Crippen LogP contribution in [0.5, 0.6) is 0 Å². The SMILES string of the molecule is CCCN1CCC(=C2c3ccccc3Sc3ccccc32)CC1. The van der Waals surface area contributed by atoms with Gasteiger partial charge in [-0.15, -0.1) is 0 Å². The third-order valence-corrected chi connectivity index (χ3v) is 6.04. The lowest BCUT2D eigenvalue weighted by atomic mass is 9.88. The normalized spacial score (nSPS) is 17.8. The molecule has 0 saturated carbocycles. The molecule has 4 rings (SSSR count). The van der Waals surface area contributed by atoms with Gasteiger partial charge in [0.1, 0.15) is 0 Å². The van der Waals surface area contributed by atoms with Crippen LogP contribution in [0.25, 0.3) is 5.57 Å². The Morgan fingerprint density at radius 3 is 2.00 bits per heavy atom. The van der Waals surface area contributed by atoms with E-state index in [0.29, 0.717) is 0 Å². The molecule has 0 radical (unpaired) electrons. The molecule has 2 heteroatoms. The third kappa shape index (κ3) is 2.86. The van der Waals surface area contributed by atoms with E-state index >= 15 is 0 Å². The largest absolute Gasteiger partial charge is 0.303 e. The first-order valence-electron chi connectivity index (χ1n) is 8.68. The monoisotopic (exact) mass is 321 g/mol. The van der Waals surface area contributed by atoms with Crippen molar-refractivity contribution in [2.24, 2.45) is 0 Å². The van der Waals surface area contributed by atoms with E-state index in [-0.39, 0.29) is 0 Å². The summed E-state index contributed by atoms with van der Waals surface area (Å²) in [7, 11) is 0. The molecule has 1 fully saturated rings. The minimum atomic E-state index is 1.21. The van der Waals surface area contributed by atoms with Crippen molar-refractivity contribution in [2.45, 2.75) is 36.0 Å². The number of hydrogen-bond acceptors (Lipinski definition) is 2. The molecule has 23 heavy (non-hydrogen) atoms. The van der Waals surface area contributed by atoms with Crippen LogP contribution >= 0.6 is 11.8 Å². The van der Waals surface area contributed by atoms with Crippen molar-refractivity contribution in [3.8, 4) is 0 Å². The molecule has 2 aliphatic heterocycles. The number of fused-ring (bicyclic) bond motifs is 2. The summed E-state index contributed by atoms with van der Waals surface area (Å²) in [5.74, 6) is 0. The maximum atomic E-state index is 2.61. The molecule has 2 aromatic carbocycles. The first-order chi connectivity index (χ1) is 11.4. The highest BCUT2D eigenvalue weighted by Crippen LogP contribution is 2.47. The van der Waals surface area contributed by atoms with Gasteiger partial charge in [-0.3, -0.25) is 0 Å². The molecule has 118 valence electrons. The zero-order valence-electron chi connectivity index (χ0n) is 13.7. The summed E-state index contributed by atoms with van der Waals surface area (Å²) in [5.41, 5.74) is 6.05. The molecule has 2 heterocycles. The lowest BCUT2D eigenvalue weighted by Gasteiger charge is -2.31. The number of benzene rings is 2. The Labute approximate surface area is 143 Å². The second kappa shape index (κ2) is 6.54.